The van der Waals surface area contributed by atoms with E-state index in [9.17, 15) is 4.79 Å². The van der Waals surface area contributed by atoms with Gasteiger partial charge < -0.3 is 11.1 Å². The highest BCUT2D eigenvalue weighted by molar-refractivity contribution is 5.85. The van der Waals surface area contributed by atoms with Crippen molar-refractivity contribution >= 4 is 18.3 Å². The predicted octanol–water partition coefficient (Wildman–Crippen LogP) is 2.34. The molecule has 1 amide bonds. The number of amides is 1. The monoisotopic (exact) mass is 325 g/mol. The SMILES string of the molecule is CC(NC(=O)CN1CCCC(C)C1CN)c1ccccc1.Cl. The zero-order valence-electron chi connectivity index (χ0n) is 13.5. The van der Waals surface area contributed by atoms with Gasteiger partial charge in [-0.1, -0.05) is 37.3 Å². The van der Waals surface area contributed by atoms with Crippen molar-refractivity contribution in [3.8, 4) is 0 Å². The highest BCUT2D eigenvalue weighted by Gasteiger charge is 2.28. The molecule has 3 unspecified atom stereocenters. The zero-order chi connectivity index (χ0) is 15.2. The van der Waals surface area contributed by atoms with Crippen LogP contribution in [0.5, 0.6) is 0 Å². The molecule has 0 aromatic heterocycles. The van der Waals surface area contributed by atoms with E-state index in [0.717, 1.165) is 18.5 Å². The van der Waals surface area contributed by atoms with Gasteiger partial charge in [-0.2, -0.15) is 0 Å². The molecule has 0 bridgehead atoms. The van der Waals surface area contributed by atoms with Gasteiger partial charge in [-0.25, -0.2) is 0 Å². The molecule has 0 radical (unpaired) electrons. The van der Waals surface area contributed by atoms with Crippen LogP contribution < -0.4 is 11.1 Å². The molecule has 1 aliphatic heterocycles. The predicted molar refractivity (Wildman–Crippen MR) is 93.1 cm³/mol. The third kappa shape index (κ3) is 4.97. The molecule has 0 spiro atoms. The van der Waals surface area contributed by atoms with Gasteiger partial charge in [0, 0.05) is 12.6 Å². The number of carbonyl (C=O) groups excluding carboxylic acids is 1. The van der Waals surface area contributed by atoms with Gasteiger partial charge in [0.05, 0.1) is 12.6 Å². The lowest BCUT2D eigenvalue weighted by molar-refractivity contribution is -0.124. The number of hydrogen-bond donors (Lipinski definition) is 2. The molecular formula is C17H28ClN3O. The van der Waals surface area contributed by atoms with Crippen LogP contribution in [0, 0.1) is 5.92 Å². The number of nitrogens with two attached hydrogens (primary N) is 1. The summed E-state index contributed by atoms with van der Waals surface area (Å²) < 4.78 is 0. The van der Waals surface area contributed by atoms with Crippen molar-refractivity contribution in [2.75, 3.05) is 19.6 Å². The number of carbonyl (C=O) groups is 1. The largest absolute Gasteiger partial charge is 0.348 e. The summed E-state index contributed by atoms with van der Waals surface area (Å²) in [6.45, 7) is 6.30. The number of nitrogens with one attached hydrogen (secondary N) is 1. The molecule has 0 saturated carbocycles. The number of nitrogens with zero attached hydrogens (tertiary/aromatic N) is 1. The molecule has 1 heterocycles. The summed E-state index contributed by atoms with van der Waals surface area (Å²) >= 11 is 0. The van der Waals surface area contributed by atoms with Gasteiger partial charge in [0.15, 0.2) is 0 Å². The standard InChI is InChI=1S/C17H27N3O.ClH/c1-13-7-6-10-20(16(13)11-18)12-17(21)19-14(2)15-8-4-3-5-9-15;/h3-5,8-9,13-14,16H,6-7,10-12,18H2,1-2H3,(H,19,21);1H. The number of hydrogen-bond acceptors (Lipinski definition) is 3. The Labute approximate surface area is 139 Å². The van der Waals surface area contributed by atoms with E-state index in [0.29, 0.717) is 25.0 Å². The van der Waals surface area contributed by atoms with Crippen LogP contribution in [0.15, 0.2) is 30.3 Å². The fraction of sp³-hybridized carbons (Fsp3) is 0.588. The first-order valence-corrected chi connectivity index (χ1v) is 7.90. The maximum Gasteiger partial charge on any atom is 0.234 e. The van der Waals surface area contributed by atoms with Crippen molar-refractivity contribution in [3.63, 3.8) is 0 Å². The van der Waals surface area contributed by atoms with E-state index in [2.05, 4.69) is 17.1 Å². The van der Waals surface area contributed by atoms with Gasteiger partial charge in [-0.15, -0.1) is 12.4 Å². The smallest absolute Gasteiger partial charge is 0.234 e. The molecular weight excluding hydrogens is 298 g/mol. The third-order valence-corrected chi connectivity index (χ3v) is 4.50. The van der Waals surface area contributed by atoms with E-state index in [1.807, 2.05) is 37.3 Å². The van der Waals surface area contributed by atoms with E-state index in [-0.39, 0.29) is 24.4 Å². The molecule has 124 valence electrons. The summed E-state index contributed by atoms with van der Waals surface area (Å²) in [6, 6.07) is 10.4. The van der Waals surface area contributed by atoms with Crippen LogP contribution in [0.25, 0.3) is 0 Å². The number of piperidine rings is 1. The lowest BCUT2D eigenvalue weighted by atomic mass is 9.91. The molecule has 3 atom stereocenters. The summed E-state index contributed by atoms with van der Waals surface area (Å²) in [5.41, 5.74) is 7.01. The summed E-state index contributed by atoms with van der Waals surface area (Å²) in [4.78, 5) is 14.5. The lowest BCUT2D eigenvalue weighted by Gasteiger charge is -2.39. The molecule has 1 aromatic carbocycles. The molecule has 1 fully saturated rings. The van der Waals surface area contributed by atoms with Crippen LogP contribution in [-0.4, -0.2) is 36.5 Å². The first-order chi connectivity index (χ1) is 10.1. The van der Waals surface area contributed by atoms with Crippen LogP contribution in [0.1, 0.15) is 38.3 Å². The normalized spacial score (nSPS) is 23.4. The van der Waals surface area contributed by atoms with Crippen LogP contribution >= 0.6 is 12.4 Å². The maximum absolute atomic E-state index is 12.3. The molecule has 3 N–H and O–H groups in total. The molecule has 22 heavy (non-hydrogen) atoms. The summed E-state index contributed by atoms with van der Waals surface area (Å²) in [7, 11) is 0. The van der Waals surface area contributed by atoms with E-state index in [1.54, 1.807) is 0 Å². The molecule has 0 aliphatic carbocycles. The van der Waals surface area contributed by atoms with Crippen molar-refractivity contribution in [2.45, 2.75) is 38.8 Å². The maximum atomic E-state index is 12.3. The Kier molecular flexibility index (Phi) is 7.87. The van der Waals surface area contributed by atoms with E-state index in [4.69, 9.17) is 5.73 Å². The second kappa shape index (κ2) is 9.13. The fourth-order valence-electron chi connectivity index (χ4n) is 3.21. The molecule has 2 rings (SSSR count). The first-order valence-electron chi connectivity index (χ1n) is 7.90. The van der Waals surface area contributed by atoms with E-state index < -0.39 is 0 Å². The first kappa shape index (κ1) is 18.9. The molecule has 5 heteroatoms. The van der Waals surface area contributed by atoms with E-state index in [1.165, 1.54) is 6.42 Å². The van der Waals surface area contributed by atoms with E-state index >= 15 is 0 Å². The molecule has 1 aliphatic rings. The number of likely N-dealkylation sites (tertiary alicyclic amines) is 1. The van der Waals surface area contributed by atoms with Gasteiger partial charge >= 0.3 is 0 Å². The van der Waals surface area contributed by atoms with Crippen molar-refractivity contribution in [3.05, 3.63) is 35.9 Å². The quantitative estimate of drug-likeness (QED) is 0.873. The van der Waals surface area contributed by atoms with Gasteiger partial charge in [-0.05, 0) is 37.8 Å². The molecule has 1 aromatic rings. The van der Waals surface area contributed by atoms with Gasteiger partial charge in [-0.3, -0.25) is 9.69 Å². The molecule has 4 nitrogen and oxygen atoms in total. The van der Waals surface area contributed by atoms with Gasteiger partial charge in [0.1, 0.15) is 0 Å². The second-order valence-electron chi connectivity index (χ2n) is 6.09. The Bertz CT molecular complexity index is 454. The Hall–Kier alpha value is -1.10. The minimum absolute atomic E-state index is 0. The summed E-state index contributed by atoms with van der Waals surface area (Å²) in [5, 5.41) is 3.08. The number of rotatable bonds is 5. The Balaban J connectivity index is 0.00000242. The Morgan fingerprint density at radius 3 is 2.73 bits per heavy atom. The molecule has 1 saturated heterocycles. The lowest BCUT2D eigenvalue weighted by Crippen LogP contribution is -2.52. The summed E-state index contributed by atoms with van der Waals surface area (Å²) in [5.74, 6) is 0.655. The van der Waals surface area contributed by atoms with Gasteiger partial charge in [0.25, 0.3) is 0 Å². The highest BCUT2D eigenvalue weighted by atomic mass is 35.5. The van der Waals surface area contributed by atoms with Crippen LogP contribution in [0.4, 0.5) is 0 Å². The topological polar surface area (TPSA) is 58.4 Å². The second-order valence-corrected chi connectivity index (χ2v) is 6.09. The fourth-order valence-corrected chi connectivity index (χ4v) is 3.21. The van der Waals surface area contributed by atoms with Crippen molar-refractivity contribution in [1.29, 1.82) is 0 Å². The van der Waals surface area contributed by atoms with Crippen LogP contribution in [0.2, 0.25) is 0 Å². The van der Waals surface area contributed by atoms with Gasteiger partial charge in [0.2, 0.25) is 5.91 Å². The minimum Gasteiger partial charge on any atom is -0.348 e. The Morgan fingerprint density at radius 1 is 1.41 bits per heavy atom. The van der Waals surface area contributed by atoms with Crippen molar-refractivity contribution in [2.24, 2.45) is 11.7 Å². The minimum atomic E-state index is 0. The Morgan fingerprint density at radius 2 is 2.09 bits per heavy atom. The average Bonchev–Trinajstić information content (AvgIpc) is 2.48. The van der Waals surface area contributed by atoms with Crippen molar-refractivity contribution < 1.29 is 4.79 Å². The highest BCUT2D eigenvalue weighted by Crippen LogP contribution is 2.22. The zero-order valence-corrected chi connectivity index (χ0v) is 14.3. The van der Waals surface area contributed by atoms with Crippen LogP contribution in [-0.2, 0) is 4.79 Å². The number of benzene rings is 1. The van der Waals surface area contributed by atoms with Crippen LogP contribution in [0.3, 0.4) is 0 Å². The average molecular weight is 326 g/mol. The third-order valence-electron chi connectivity index (χ3n) is 4.50. The number of halogens is 1. The van der Waals surface area contributed by atoms with Crippen molar-refractivity contribution in [1.82, 2.24) is 10.2 Å². The summed E-state index contributed by atoms with van der Waals surface area (Å²) in [6.07, 6.45) is 2.36.